The fraction of sp³-hybridized carbons (Fsp3) is 0.125. The van der Waals surface area contributed by atoms with E-state index in [0.29, 0.717) is 14.8 Å². The average molecular weight is 307 g/mol. The minimum Gasteiger partial charge on any atom is -0.425 e. The Labute approximate surface area is 102 Å². The number of H-pyrrole nitrogens is 1. The first-order chi connectivity index (χ1) is 7.43. The molecule has 0 saturated heterocycles. The standard InChI is InChI=1S/C8H5BrClN3O3/c1-2-3(9)5(10)13(16)6-4(2)11-7(14)8(15)12-6/h16H,1H3,(H,11,14). The summed E-state index contributed by atoms with van der Waals surface area (Å²) in [6.45, 7) is 1.67. The number of hydrogen-bond donors (Lipinski definition) is 2. The Kier molecular flexibility index (Phi) is 2.51. The van der Waals surface area contributed by atoms with E-state index < -0.39 is 11.1 Å². The second kappa shape index (κ2) is 3.60. The van der Waals surface area contributed by atoms with Crippen molar-refractivity contribution in [1.29, 1.82) is 0 Å². The van der Waals surface area contributed by atoms with Crippen LogP contribution in [0.15, 0.2) is 14.1 Å². The average Bonchev–Trinajstić information content (AvgIpc) is 2.26. The maximum atomic E-state index is 11.1. The summed E-state index contributed by atoms with van der Waals surface area (Å²) in [4.78, 5) is 28.0. The van der Waals surface area contributed by atoms with Gasteiger partial charge in [0.25, 0.3) is 0 Å². The van der Waals surface area contributed by atoms with Crippen molar-refractivity contribution in [3.63, 3.8) is 0 Å². The second-order valence-corrected chi connectivity index (χ2v) is 4.26. The Balaban J connectivity index is 3.09. The summed E-state index contributed by atoms with van der Waals surface area (Å²) in [5.41, 5.74) is -0.990. The lowest BCUT2D eigenvalue weighted by atomic mass is 10.2. The molecule has 0 aromatic rings. The van der Waals surface area contributed by atoms with Gasteiger partial charge >= 0.3 is 11.1 Å². The van der Waals surface area contributed by atoms with Gasteiger partial charge in [0.05, 0.1) is 10.2 Å². The maximum absolute atomic E-state index is 11.1. The van der Waals surface area contributed by atoms with Gasteiger partial charge in [-0.3, -0.25) is 9.59 Å². The molecule has 0 aromatic heterocycles. The SMILES string of the molecule is Cc1c2[nH]c(=O)c(=O)nc-2n(O)c(Cl)c1Br. The van der Waals surface area contributed by atoms with Gasteiger partial charge in [0, 0.05) is 0 Å². The molecule has 6 nitrogen and oxygen atoms in total. The van der Waals surface area contributed by atoms with Gasteiger partial charge in [0.1, 0.15) is 0 Å². The molecule has 0 fully saturated rings. The Morgan fingerprint density at radius 1 is 1.50 bits per heavy atom. The van der Waals surface area contributed by atoms with Gasteiger partial charge in [-0.05, 0) is 28.4 Å². The first-order valence-corrected chi connectivity index (χ1v) is 5.30. The maximum Gasteiger partial charge on any atom is 0.337 e. The molecule has 0 atom stereocenters. The van der Waals surface area contributed by atoms with E-state index in [1.54, 1.807) is 6.92 Å². The van der Waals surface area contributed by atoms with Crippen molar-refractivity contribution in [3.05, 3.63) is 35.9 Å². The van der Waals surface area contributed by atoms with Crippen LogP contribution >= 0.6 is 27.5 Å². The lowest BCUT2D eigenvalue weighted by Gasteiger charge is -2.14. The normalized spacial score (nSPS) is 10.9. The Morgan fingerprint density at radius 3 is 2.75 bits per heavy atom. The predicted molar refractivity (Wildman–Crippen MR) is 60.4 cm³/mol. The zero-order valence-corrected chi connectivity index (χ0v) is 10.3. The predicted octanol–water partition coefficient (Wildman–Crippen LogP) is 0.998. The second-order valence-electron chi connectivity index (χ2n) is 3.11. The van der Waals surface area contributed by atoms with E-state index in [4.69, 9.17) is 11.6 Å². The topological polar surface area (TPSA) is 88.0 Å². The van der Waals surface area contributed by atoms with Gasteiger partial charge in [-0.15, -0.1) is 0 Å². The quantitative estimate of drug-likeness (QED) is 0.432. The van der Waals surface area contributed by atoms with E-state index in [9.17, 15) is 14.8 Å². The fourth-order valence-corrected chi connectivity index (χ4v) is 1.88. The molecule has 0 aliphatic carbocycles. The molecule has 8 heteroatoms. The summed E-state index contributed by atoms with van der Waals surface area (Å²) in [5, 5.41) is 9.59. The molecule has 0 spiro atoms. The van der Waals surface area contributed by atoms with Gasteiger partial charge < -0.3 is 10.2 Å². The molecule has 0 radical (unpaired) electrons. The van der Waals surface area contributed by atoms with E-state index in [2.05, 4.69) is 25.9 Å². The van der Waals surface area contributed by atoms with E-state index in [-0.39, 0.29) is 16.7 Å². The molecule has 2 heterocycles. The van der Waals surface area contributed by atoms with Gasteiger partial charge in [-0.1, -0.05) is 11.6 Å². The summed E-state index contributed by atoms with van der Waals surface area (Å²) in [5.74, 6) is -0.0877. The molecule has 2 N–H and O–H groups in total. The minimum atomic E-state index is -0.979. The van der Waals surface area contributed by atoms with Crippen molar-refractivity contribution in [2.45, 2.75) is 6.92 Å². The molecule has 2 aliphatic heterocycles. The largest absolute Gasteiger partial charge is 0.425 e. The molecule has 2 aliphatic rings. The molecule has 16 heavy (non-hydrogen) atoms. The number of aromatic nitrogens is 3. The molecular weight excluding hydrogens is 301 g/mol. The Bertz CT molecular complexity index is 606. The van der Waals surface area contributed by atoms with Gasteiger partial charge in [-0.2, -0.15) is 9.71 Å². The van der Waals surface area contributed by atoms with Crippen LogP contribution in [0.1, 0.15) is 5.56 Å². The van der Waals surface area contributed by atoms with Gasteiger partial charge in [0.15, 0.2) is 11.0 Å². The Morgan fingerprint density at radius 2 is 2.12 bits per heavy atom. The minimum absolute atomic E-state index is 0.0241. The number of hydrogen-bond acceptors (Lipinski definition) is 4. The van der Waals surface area contributed by atoms with Crippen molar-refractivity contribution in [2.75, 3.05) is 0 Å². The van der Waals surface area contributed by atoms with Crippen LogP contribution in [0.3, 0.4) is 0 Å². The number of fused-ring (bicyclic) bond motifs is 1. The van der Waals surface area contributed by atoms with Gasteiger partial charge in [0.2, 0.25) is 0 Å². The molecule has 0 unspecified atom stereocenters. The zero-order chi connectivity index (χ0) is 12.0. The third-order valence-corrected chi connectivity index (χ3v) is 3.68. The summed E-state index contributed by atoms with van der Waals surface area (Å²) in [6, 6.07) is 0. The molecule has 0 aromatic carbocycles. The van der Waals surface area contributed by atoms with Crippen molar-refractivity contribution in [1.82, 2.24) is 14.7 Å². The van der Waals surface area contributed by atoms with Crippen molar-refractivity contribution >= 4 is 27.5 Å². The molecule has 0 bridgehead atoms. The highest BCUT2D eigenvalue weighted by Gasteiger charge is 2.20. The third-order valence-electron chi connectivity index (χ3n) is 2.14. The number of halogens is 2. The Hall–Kier alpha value is -1.34. The summed E-state index contributed by atoms with van der Waals surface area (Å²) >= 11 is 8.94. The highest BCUT2D eigenvalue weighted by Crippen LogP contribution is 2.32. The molecule has 0 saturated carbocycles. The van der Waals surface area contributed by atoms with Crippen molar-refractivity contribution in [2.24, 2.45) is 0 Å². The summed E-state index contributed by atoms with van der Waals surface area (Å²) in [6.07, 6.45) is 0. The zero-order valence-electron chi connectivity index (χ0n) is 7.91. The molecule has 0 amide bonds. The fourth-order valence-electron chi connectivity index (χ4n) is 1.29. The molecule has 84 valence electrons. The highest BCUT2D eigenvalue weighted by molar-refractivity contribution is 9.10. The van der Waals surface area contributed by atoms with E-state index >= 15 is 0 Å². The number of nitrogens with one attached hydrogen (secondary N) is 1. The van der Waals surface area contributed by atoms with E-state index in [1.807, 2.05) is 0 Å². The first kappa shape index (κ1) is 11.2. The number of rotatable bonds is 0. The van der Waals surface area contributed by atoms with Crippen LogP contribution in [0, 0.1) is 6.92 Å². The van der Waals surface area contributed by atoms with E-state index in [0.717, 1.165) is 0 Å². The number of pyridine rings is 1. The van der Waals surface area contributed by atoms with Crippen LogP contribution in [0.4, 0.5) is 0 Å². The first-order valence-electron chi connectivity index (χ1n) is 4.13. The van der Waals surface area contributed by atoms with Crippen molar-refractivity contribution < 1.29 is 5.21 Å². The summed E-state index contributed by atoms with van der Waals surface area (Å²) in [7, 11) is 0. The number of aromatic amines is 1. The summed E-state index contributed by atoms with van der Waals surface area (Å²) < 4.78 is 0.950. The molecular formula is C8H5BrClN3O3. The monoisotopic (exact) mass is 305 g/mol. The van der Waals surface area contributed by atoms with Crippen LogP contribution in [-0.4, -0.2) is 19.9 Å². The van der Waals surface area contributed by atoms with Crippen molar-refractivity contribution in [3.8, 4) is 11.5 Å². The van der Waals surface area contributed by atoms with E-state index in [1.165, 1.54) is 0 Å². The highest BCUT2D eigenvalue weighted by atomic mass is 79.9. The third kappa shape index (κ3) is 1.43. The van der Waals surface area contributed by atoms with Gasteiger partial charge in [-0.25, -0.2) is 0 Å². The van der Waals surface area contributed by atoms with Crippen LogP contribution < -0.4 is 11.1 Å². The lowest BCUT2D eigenvalue weighted by Crippen LogP contribution is -2.32. The van der Waals surface area contributed by atoms with Crippen LogP contribution in [0.25, 0.3) is 11.5 Å². The van der Waals surface area contributed by atoms with Crippen LogP contribution in [-0.2, 0) is 0 Å². The smallest absolute Gasteiger partial charge is 0.337 e. The molecule has 2 rings (SSSR count). The van der Waals surface area contributed by atoms with Crippen LogP contribution in [0.2, 0.25) is 5.15 Å². The van der Waals surface area contributed by atoms with Crippen LogP contribution in [0.5, 0.6) is 0 Å². The lowest BCUT2D eigenvalue weighted by molar-refractivity contribution is 0.185. The number of nitrogens with zero attached hydrogens (tertiary/aromatic N) is 2.